The Kier molecular flexibility index (Phi) is 9.93. The van der Waals surface area contributed by atoms with E-state index in [2.05, 4.69) is 166 Å². The van der Waals surface area contributed by atoms with E-state index in [0.29, 0.717) is 0 Å². The molecule has 0 spiro atoms. The maximum Gasteiger partial charge on any atom is 0.0644 e. The van der Waals surface area contributed by atoms with Gasteiger partial charge in [-0.15, -0.1) is 6.58 Å². The Labute approximate surface area is 313 Å². The van der Waals surface area contributed by atoms with Crippen LogP contribution in [0.25, 0.3) is 11.1 Å². The van der Waals surface area contributed by atoms with Gasteiger partial charge >= 0.3 is 0 Å². The van der Waals surface area contributed by atoms with Crippen molar-refractivity contribution in [2.75, 3.05) is 9.80 Å². The van der Waals surface area contributed by atoms with Crippen LogP contribution in [0, 0.1) is 0 Å². The molecule has 0 N–H and O–H groups in total. The van der Waals surface area contributed by atoms with Crippen LogP contribution in [0.15, 0.2) is 189 Å². The highest BCUT2D eigenvalue weighted by molar-refractivity contribution is 5.90. The number of anilines is 6. The highest BCUT2D eigenvalue weighted by Gasteiger charge is 2.45. The molecule has 2 heterocycles. The van der Waals surface area contributed by atoms with Gasteiger partial charge in [0.25, 0.3) is 0 Å². The SMILES string of the molecule is C=CCCCCCCC1(c2ccccc2)c2cc(N(c3ccccc3)c3cccnc3)ccc2-c2ccc(N(c3ccccc3)c3cccnc3)cc21. The van der Waals surface area contributed by atoms with Crippen LogP contribution < -0.4 is 9.80 Å². The Morgan fingerprint density at radius 3 is 1.42 bits per heavy atom. The Morgan fingerprint density at radius 2 is 0.943 bits per heavy atom. The molecule has 1 aliphatic carbocycles. The quantitative estimate of drug-likeness (QED) is 0.0841. The van der Waals surface area contributed by atoms with Gasteiger partial charge in [0.05, 0.1) is 23.8 Å². The van der Waals surface area contributed by atoms with Crippen LogP contribution in [0.3, 0.4) is 0 Å². The molecule has 7 aromatic rings. The van der Waals surface area contributed by atoms with Gasteiger partial charge in [0.15, 0.2) is 0 Å². The molecule has 4 nitrogen and oxygen atoms in total. The summed E-state index contributed by atoms with van der Waals surface area (Å²) in [6.45, 7) is 3.96. The third kappa shape index (κ3) is 6.65. The summed E-state index contributed by atoms with van der Waals surface area (Å²) in [6, 6.07) is 54.9. The first-order chi connectivity index (χ1) is 26.3. The van der Waals surface area contributed by atoms with Crippen LogP contribution in [-0.2, 0) is 5.41 Å². The first-order valence-electron chi connectivity index (χ1n) is 18.7. The number of allylic oxidation sites excluding steroid dienone is 1. The average Bonchev–Trinajstić information content (AvgIpc) is 3.50. The number of nitrogens with zero attached hydrogens (tertiary/aromatic N) is 4. The molecule has 8 rings (SSSR count). The normalized spacial score (nSPS) is 12.5. The van der Waals surface area contributed by atoms with Crippen molar-refractivity contribution in [2.24, 2.45) is 0 Å². The van der Waals surface area contributed by atoms with Crippen LogP contribution >= 0.6 is 0 Å². The van der Waals surface area contributed by atoms with Crippen molar-refractivity contribution in [3.63, 3.8) is 0 Å². The van der Waals surface area contributed by atoms with Gasteiger partial charge < -0.3 is 9.80 Å². The van der Waals surface area contributed by atoms with Gasteiger partial charge in [-0.25, -0.2) is 0 Å². The molecule has 0 atom stereocenters. The molecule has 0 amide bonds. The highest BCUT2D eigenvalue weighted by Crippen LogP contribution is 2.57. The molecule has 2 aromatic heterocycles. The van der Waals surface area contributed by atoms with Gasteiger partial charge in [0.2, 0.25) is 0 Å². The minimum Gasteiger partial charge on any atom is -0.309 e. The van der Waals surface area contributed by atoms with E-state index in [1.54, 1.807) is 0 Å². The molecule has 1 aliphatic rings. The lowest BCUT2D eigenvalue weighted by molar-refractivity contribution is 0.512. The summed E-state index contributed by atoms with van der Waals surface area (Å²) in [7, 11) is 0. The Bertz CT molecular complexity index is 2040. The second-order valence-corrected chi connectivity index (χ2v) is 13.7. The monoisotopic (exact) mass is 688 g/mol. The number of unbranched alkanes of at least 4 members (excludes halogenated alkanes) is 4. The number of hydrogen-bond donors (Lipinski definition) is 0. The number of para-hydroxylation sites is 2. The van der Waals surface area contributed by atoms with E-state index >= 15 is 0 Å². The largest absolute Gasteiger partial charge is 0.309 e. The van der Waals surface area contributed by atoms with Gasteiger partial charge in [-0.05, 0) is 120 Å². The number of hydrogen-bond acceptors (Lipinski definition) is 4. The summed E-state index contributed by atoms with van der Waals surface area (Å²) in [5, 5.41) is 0. The van der Waals surface area contributed by atoms with Crippen molar-refractivity contribution < 1.29 is 0 Å². The molecule has 0 aliphatic heterocycles. The Hall–Kier alpha value is -6.26. The predicted octanol–water partition coefficient (Wildman–Crippen LogP) is 13.3. The van der Waals surface area contributed by atoms with Gasteiger partial charge in [-0.1, -0.05) is 104 Å². The topological polar surface area (TPSA) is 32.3 Å². The zero-order valence-corrected chi connectivity index (χ0v) is 30.1. The minimum absolute atomic E-state index is 0.370. The Balaban J connectivity index is 1.34. The predicted molar refractivity (Wildman–Crippen MR) is 221 cm³/mol. The van der Waals surface area contributed by atoms with Gasteiger partial charge in [-0.3, -0.25) is 9.97 Å². The highest BCUT2D eigenvalue weighted by atomic mass is 15.2. The van der Waals surface area contributed by atoms with Crippen molar-refractivity contribution >= 4 is 34.1 Å². The maximum absolute atomic E-state index is 4.53. The van der Waals surface area contributed by atoms with E-state index in [1.807, 2.05) is 43.0 Å². The van der Waals surface area contributed by atoms with Crippen molar-refractivity contribution in [1.29, 1.82) is 0 Å². The molecule has 0 saturated heterocycles. The number of pyridine rings is 2. The summed E-state index contributed by atoms with van der Waals surface area (Å²) < 4.78 is 0. The Morgan fingerprint density at radius 1 is 0.472 bits per heavy atom. The van der Waals surface area contributed by atoms with E-state index in [4.69, 9.17) is 0 Å². The lowest BCUT2D eigenvalue weighted by Crippen LogP contribution is -2.27. The zero-order valence-electron chi connectivity index (χ0n) is 30.1. The van der Waals surface area contributed by atoms with Crippen LogP contribution in [-0.4, -0.2) is 9.97 Å². The van der Waals surface area contributed by atoms with Crippen molar-refractivity contribution in [3.05, 3.63) is 206 Å². The number of fused-ring (bicyclic) bond motifs is 3. The molecule has 0 unspecified atom stereocenters. The van der Waals surface area contributed by atoms with E-state index in [0.717, 1.165) is 53.4 Å². The lowest BCUT2D eigenvalue weighted by Gasteiger charge is -2.35. The molecule has 0 saturated carbocycles. The van der Waals surface area contributed by atoms with Crippen molar-refractivity contribution in [2.45, 2.75) is 43.9 Å². The summed E-state index contributed by atoms with van der Waals surface area (Å²) in [6.07, 6.45) is 16.3. The standard InChI is InChI=1S/C49H44N4/c1-2-3-4-5-6-16-31-49(38-19-10-7-11-20-38)47-34-41(52(39-21-12-8-13-22-39)43-25-17-32-50-36-43)27-29-45(47)46-30-28-42(35-48(46)49)53(40-23-14-9-15-24-40)44-26-18-33-51-37-44/h2,7-15,17-30,32-37H,1,3-6,16,31H2. The second-order valence-electron chi connectivity index (χ2n) is 13.7. The van der Waals surface area contributed by atoms with Gasteiger partial charge in [-0.2, -0.15) is 0 Å². The van der Waals surface area contributed by atoms with Crippen molar-refractivity contribution in [3.8, 4) is 11.1 Å². The smallest absolute Gasteiger partial charge is 0.0644 e. The van der Waals surface area contributed by atoms with Gasteiger partial charge in [0.1, 0.15) is 0 Å². The first-order valence-corrected chi connectivity index (χ1v) is 18.7. The maximum atomic E-state index is 4.53. The lowest BCUT2D eigenvalue weighted by atomic mass is 9.69. The minimum atomic E-state index is -0.370. The fourth-order valence-corrected chi connectivity index (χ4v) is 8.16. The molecule has 5 aromatic carbocycles. The molecule has 0 fully saturated rings. The van der Waals surface area contributed by atoms with Crippen LogP contribution in [0.1, 0.15) is 55.2 Å². The van der Waals surface area contributed by atoms with E-state index in [-0.39, 0.29) is 5.41 Å². The van der Waals surface area contributed by atoms with Crippen LogP contribution in [0.4, 0.5) is 34.1 Å². The summed E-state index contributed by atoms with van der Waals surface area (Å²) in [5.74, 6) is 0. The molecule has 4 heteroatoms. The first kappa shape index (κ1) is 33.9. The third-order valence-corrected chi connectivity index (χ3v) is 10.5. The molecule has 0 radical (unpaired) electrons. The summed E-state index contributed by atoms with van der Waals surface area (Å²) in [5.41, 5.74) is 12.7. The zero-order chi connectivity index (χ0) is 35.9. The summed E-state index contributed by atoms with van der Waals surface area (Å²) in [4.78, 5) is 13.7. The number of aromatic nitrogens is 2. The molecule has 53 heavy (non-hydrogen) atoms. The molecular weight excluding hydrogens is 645 g/mol. The third-order valence-electron chi connectivity index (χ3n) is 10.5. The van der Waals surface area contributed by atoms with Crippen LogP contribution in [0.2, 0.25) is 0 Å². The van der Waals surface area contributed by atoms with E-state index < -0.39 is 0 Å². The van der Waals surface area contributed by atoms with E-state index in [1.165, 1.54) is 47.1 Å². The molecule has 260 valence electrons. The average molecular weight is 689 g/mol. The number of benzene rings is 5. The van der Waals surface area contributed by atoms with Gasteiger partial charge in [0, 0.05) is 40.6 Å². The molecular formula is C49H44N4. The molecule has 0 bridgehead atoms. The summed E-state index contributed by atoms with van der Waals surface area (Å²) >= 11 is 0. The second kappa shape index (κ2) is 15.5. The number of rotatable bonds is 14. The fraction of sp³-hybridized carbons (Fsp3) is 0.143. The fourth-order valence-electron chi connectivity index (χ4n) is 8.16. The van der Waals surface area contributed by atoms with E-state index in [9.17, 15) is 0 Å². The van der Waals surface area contributed by atoms with Crippen LogP contribution in [0.5, 0.6) is 0 Å². The van der Waals surface area contributed by atoms with Crippen molar-refractivity contribution in [1.82, 2.24) is 9.97 Å².